The largest absolute Gasteiger partial charge is 0.462 e. The second-order valence-electron chi connectivity index (χ2n) is 13.9. The molecule has 278 valence electrons. The van der Waals surface area contributed by atoms with Crippen LogP contribution in [0.25, 0.3) is 0 Å². The van der Waals surface area contributed by atoms with Gasteiger partial charge in [-0.3, -0.25) is 14.4 Å². The first-order valence-electron chi connectivity index (χ1n) is 20.5. The Morgan fingerprint density at radius 1 is 0.340 bits per heavy atom. The molecule has 0 aromatic carbocycles. The molecule has 1 atom stereocenters. The minimum absolute atomic E-state index is 0.0640. The Labute approximate surface area is 291 Å². The van der Waals surface area contributed by atoms with Gasteiger partial charge >= 0.3 is 17.9 Å². The van der Waals surface area contributed by atoms with Crippen LogP contribution in [0.5, 0.6) is 0 Å². The molecule has 0 unspecified atom stereocenters. The van der Waals surface area contributed by atoms with Crippen molar-refractivity contribution >= 4 is 17.9 Å². The van der Waals surface area contributed by atoms with Gasteiger partial charge in [0.15, 0.2) is 6.10 Å². The zero-order valence-electron chi connectivity index (χ0n) is 31.6. The van der Waals surface area contributed by atoms with Gasteiger partial charge in [0.2, 0.25) is 0 Å². The van der Waals surface area contributed by atoms with E-state index in [2.05, 4.69) is 20.8 Å². The fourth-order valence-corrected chi connectivity index (χ4v) is 5.97. The zero-order chi connectivity index (χ0) is 34.5. The summed E-state index contributed by atoms with van der Waals surface area (Å²) >= 11 is 0. The van der Waals surface area contributed by atoms with Crippen molar-refractivity contribution in [1.82, 2.24) is 0 Å². The van der Waals surface area contributed by atoms with Crippen LogP contribution >= 0.6 is 0 Å². The number of rotatable bonds is 37. The lowest BCUT2D eigenvalue weighted by molar-refractivity contribution is -0.167. The van der Waals surface area contributed by atoms with Crippen LogP contribution < -0.4 is 0 Å². The zero-order valence-corrected chi connectivity index (χ0v) is 31.6. The van der Waals surface area contributed by atoms with Crippen molar-refractivity contribution in [2.75, 3.05) is 13.2 Å². The third-order valence-corrected chi connectivity index (χ3v) is 9.11. The Morgan fingerprint density at radius 3 is 0.851 bits per heavy atom. The molecule has 6 heteroatoms. The second kappa shape index (κ2) is 37.2. The average molecular weight is 667 g/mol. The first-order chi connectivity index (χ1) is 23.0. The van der Waals surface area contributed by atoms with Crippen molar-refractivity contribution in [3.05, 3.63) is 0 Å². The number of unbranched alkanes of at least 4 members (excludes halogenated alkanes) is 26. The van der Waals surface area contributed by atoms with Gasteiger partial charge in [-0.1, -0.05) is 188 Å². The lowest BCUT2D eigenvalue weighted by Crippen LogP contribution is -2.30. The molecule has 0 aromatic heterocycles. The van der Waals surface area contributed by atoms with Crippen LogP contribution in [-0.4, -0.2) is 37.2 Å². The summed E-state index contributed by atoms with van der Waals surface area (Å²) < 4.78 is 16.6. The summed E-state index contributed by atoms with van der Waals surface area (Å²) in [5, 5.41) is 0. The Balaban J connectivity index is 4.31. The van der Waals surface area contributed by atoms with Crippen LogP contribution in [0.2, 0.25) is 0 Å². The molecule has 0 aliphatic carbocycles. The molecule has 0 spiro atoms. The van der Waals surface area contributed by atoms with Crippen LogP contribution in [0.15, 0.2) is 0 Å². The van der Waals surface area contributed by atoms with Gasteiger partial charge in [0, 0.05) is 19.3 Å². The average Bonchev–Trinajstić information content (AvgIpc) is 3.06. The normalized spacial score (nSPS) is 11.8. The fourth-order valence-electron chi connectivity index (χ4n) is 5.97. The van der Waals surface area contributed by atoms with Crippen molar-refractivity contribution in [1.29, 1.82) is 0 Å². The van der Waals surface area contributed by atoms with Crippen LogP contribution in [0, 0.1) is 0 Å². The molecule has 6 nitrogen and oxygen atoms in total. The Bertz CT molecular complexity index is 693. The molecular formula is C41H78O6. The maximum absolute atomic E-state index is 12.6. The minimum Gasteiger partial charge on any atom is -0.462 e. The molecule has 0 bridgehead atoms. The van der Waals surface area contributed by atoms with E-state index in [0.717, 1.165) is 57.8 Å². The van der Waals surface area contributed by atoms with Gasteiger partial charge in [0.1, 0.15) is 13.2 Å². The molecule has 0 saturated heterocycles. The lowest BCUT2D eigenvalue weighted by Gasteiger charge is -2.18. The lowest BCUT2D eigenvalue weighted by atomic mass is 10.0. The third-order valence-electron chi connectivity index (χ3n) is 9.11. The Kier molecular flexibility index (Phi) is 36.0. The highest BCUT2D eigenvalue weighted by Gasteiger charge is 2.19. The Hall–Kier alpha value is -1.59. The van der Waals surface area contributed by atoms with Crippen molar-refractivity contribution < 1.29 is 28.6 Å². The molecule has 0 fully saturated rings. The van der Waals surface area contributed by atoms with E-state index in [0.29, 0.717) is 19.3 Å². The summed E-state index contributed by atoms with van der Waals surface area (Å²) in [6.45, 7) is 6.58. The van der Waals surface area contributed by atoms with Gasteiger partial charge in [-0.25, -0.2) is 0 Å². The number of esters is 3. The van der Waals surface area contributed by atoms with Crippen molar-refractivity contribution in [2.24, 2.45) is 0 Å². The quantitative estimate of drug-likeness (QED) is 0.0373. The minimum atomic E-state index is -0.755. The molecule has 47 heavy (non-hydrogen) atoms. The number of hydrogen-bond donors (Lipinski definition) is 0. The van der Waals surface area contributed by atoms with E-state index < -0.39 is 6.10 Å². The predicted molar refractivity (Wildman–Crippen MR) is 197 cm³/mol. The predicted octanol–water partition coefficient (Wildman–Crippen LogP) is 12.5. The number of ether oxygens (including phenoxy) is 3. The monoisotopic (exact) mass is 667 g/mol. The molecule has 0 amide bonds. The van der Waals surface area contributed by atoms with E-state index in [4.69, 9.17) is 14.2 Å². The molecule has 0 radical (unpaired) electrons. The molecule has 0 saturated carbocycles. The van der Waals surface area contributed by atoms with Gasteiger partial charge in [-0.15, -0.1) is 0 Å². The number of hydrogen-bond acceptors (Lipinski definition) is 6. The highest BCUT2D eigenvalue weighted by Crippen LogP contribution is 2.15. The summed E-state index contributed by atoms with van der Waals surface area (Å²) in [6.07, 6.45) is 35.2. The summed E-state index contributed by atoms with van der Waals surface area (Å²) in [7, 11) is 0. The van der Waals surface area contributed by atoms with Crippen LogP contribution in [0.3, 0.4) is 0 Å². The molecule has 0 heterocycles. The smallest absolute Gasteiger partial charge is 0.306 e. The topological polar surface area (TPSA) is 78.9 Å². The van der Waals surface area contributed by atoms with Gasteiger partial charge < -0.3 is 14.2 Å². The van der Waals surface area contributed by atoms with E-state index in [-0.39, 0.29) is 31.1 Å². The van der Waals surface area contributed by atoms with Crippen molar-refractivity contribution in [2.45, 2.75) is 232 Å². The maximum Gasteiger partial charge on any atom is 0.306 e. The van der Waals surface area contributed by atoms with Gasteiger partial charge in [-0.05, 0) is 19.3 Å². The van der Waals surface area contributed by atoms with Gasteiger partial charge in [-0.2, -0.15) is 0 Å². The third kappa shape index (κ3) is 35.5. The summed E-state index contributed by atoms with van der Waals surface area (Å²) in [5.74, 6) is -0.866. The standard InChI is InChI=1S/C41H78O6/c1-4-7-10-13-16-18-20-21-23-26-29-32-35-41(44)47-38(36-45-39(42)33-30-27-24-15-12-9-6-3)37-46-40(43)34-31-28-25-22-19-17-14-11-8-5-2/h38H,4-37H2,1-3H3/t38-/m1/s1. The van der Waals surface area contributed by atoms with Gasteiger partial charge in [0.05, 0.1) is 0 Å². The molecule has 0 rings (SSSR count). The van der Waals surface area contributed by atoms with Crippen molar-refractivity contribution in [3.63, 3.8) is 0 Å². The second-order valence-corrected chi connectivity index (χ2v) is 13.9. The fraction of sp³-hybridized carbons (Fsp3) is 0.927. The van der Waals surface area contributed by atoms with Crippen LogP contribution in [0.4, 0.5) is 0 Å². The van der Waals surface area contributed by atoms with Crippen LogP contribution in [0.1, 0.15) is 226 Å². The van der Waals surface area contributed by atoms with Crippen molar-refractivity contribution in [3.8, 4) is 0 Å². The maximum atomic E-state index is 12.6. The molecular weight excluding hydrogens is 588 g/mol. The molecule has 0 aromatic rings. The van der Waals surface area contributed by atoms with Gasteiger partial charge in [0.25, 0.3) is 0 Å². The summed E-state index contributed by atoms with van der Waals surface area (Å²) in [6, 6.07) is 0. The Morgan fingerprint density at radius 2 is 0.574 bits per heavy atom. The number of carbonyl (C=O) groups excluding carboxylic acids is 3. The van der Waals surface area contributed by atoms with E-state index in [1.807, 2.05) is 0 Å². The molecule has 0 aliphatic rings. The first kappa shape index (κ1) is 45.4. The van der Waals surface area contributed by atoms with Crippen LogP contribution in [-0.2, 0) is 28.6 Å². The summed E-state index contributed by atoms with van der Waals surface area (Å²) in [5.41, 5.74) is 0. The first-order valence-corrected chi connectivity index (χ1v) is 20.5. The van der Waals surface area contributed by atoms with E-state index in [1.54, 1.807) is 0 Å². The molecule has 0 N–H and O–H groups in total. The summed E-state index contributed by atoms with van der Waals surface area (Å²) in [4.78, 5) is 37.4. The molecule has 0 aliphatic heterocycles. The highest BCUT2D eigenvalue weighted by atomic mass is 16.6. The van der Waals surface area contributed by atoms with E-state index in [9.17, 15) is 14.4 Å². The van der Waals surface area contributed by atoms with E-state index in [1.165, 1.54) is 128 Å². The SMILES string of the molecule is CCCCCCCCCCCCCCC(=O)O[C@H](COC(=O)CCCCCCCCC)COC(=O)CCCCCCCCCCCC. The highest BCUT2D eigenvalue weighted by molar-refractivity contribution is 5.71. The number of carbonyl (C=O) groups is 3. The van der Waals surface area contributed by atoms with E-state index >= 15 is 0 Å².